The van der Waals surface area contributed by atoms with Gasteiger partial charge in [-0.25, -0.2) is 4.79 Å². The minimum atomic E-state index is -0.928. The van der Waals surface area contributed by atoms with Crippen LogP contribution in [0.25, 0.3) is 0 Å². The Bertz CT molecular complexity index is 1860. The molecular weight excluding hydrogens is 665 g/mol. The molecule has 0 radical (unpaired) electrons. The maximum atomic E-state index is 13.8. The Morgan fingerprint density at radius 2 is 1.49 bits per heavy atom. The number of thiophene rings is 1. The van der Waals surface area contributed by atoms with Crippen molar-refractivity contribution in [3.63, 3.8) is 0 Å². The number of nitrogens with one attached hydrogen (secondary N) is 2. The van der Waals surface area contributed by atoms with Gasteiger partial charge in [-0.15, -0.1) is 11.3 Å². The van der Waals surface area contributed by atoms with Crippen LogP contribution in [0.2, 0.25) is 0 Å². The van der Waals surface area contributed by atoms with Crippen LogP contribution in [0.3, 0.4) is 0 Å². The molecule has 10 nitrogen and oxygen atoms in total. The first-order chi connectivity index (χ1) is 24.7. The number of amides is 3. The summed E-state index contributed by atoms with van der Waals surface area (Å²) in [5.74, 6) is -1.70. The fraction of sp³-hybridized carbons (Fsp3) is 0.350. The quantitative estimate of drug-likeness (QED) is 0.147. The number of carboxylic acid groups (broad SMARTS) is 1. The summed E-state index contributed by atoms with van der Waals surface area (Å²) in [5, 5.41) is 15.7. The lowest BCUT2D eigenvalue weighted by Gasteiger charge is -2.28. The highest BCUT2D eigenvalue weighted by Gasteiger charge is 2.27. The Labute approximate surface area is 302 Å². The maximum absolute atomic E-state index is 13.8. The lowest BCUT2D eigenvalue weighted by molar-refractivity contribution is 0.0338. The molecule has 1 saturated heterocycles. The van der Waals surface area contributed by atoms with Crippen molar-refractivity contribution in [2.24, 2.45) is 0 Å². The van der Waals surface area contributed by atoms with E-state index in [1.165, 1.54) is 11.3 Å². The molecule has 1 aliphatic carbocycles. The summed E-state index contributed by atoms with van der Waals surface area (Å²) in [6, 6.07) is 21.5. The van der Waals surface area contributed by atoms with Crippen molar-refractivity contribution >= 4 is 45.7 Å². The second kappa shape index (κ2) is 16.9. The Balaban J connectivity index is 1.08. The van der Waals surface area contributed by atoms with Gasteiger partial charge in [0.1, 0.15) is 5.00 Å². The third kappa shape index (κ3) is 9.29. The molecule has 0 atom stereocenters. The van der Waals surface area contributed by atoms with Crippen molar-refractivity contribution in [3.05, 3.63) is 117 Å². The minimum absolute atomic E-state index is 0.150. The monoisotopic (exact) mass is 708 g/mol. The van der Waals surface area contributed by atoms with E-state index in [2.05, 4.69) is 15.5 Å². The summed E-state index contributed by atoms with van der Waals surface area (Å²) in [6.45, 7) is 4.45. The largest absolute Gasteiger partial charge is 0.478 e. The lowest BCUT2D eigenvalue weighted by atomic mass is 9.95. The zero-order valence-electron chi connectivity index (χ0n) is 28.9. The molecular formula is C40H44N4O6S. The Hall–Kier alpha value is -4.84. The number of carboxylic acids is 1. The van der Waals surface area contributed by atoms with Crippen LogP contribution < -0.4 is 10.6 Å². The molecule has 51 heavy (non-hydrogen) atoms. The molecule has 3 N–H and O–H groups in total. The first kappa shape index (κ1) is 36.0. The number of aryl methyl sites for hydroxylation is 3. The number of fused-ring (bicyclic) bond motifs is 1. The van der Waals surface area contributed by atoms with Crippen LogP contribution in [0, 0.1) is 0 Å². The van der Waals surface area contributed by atoms with Crippen molar-refractivity contribution in [1.29, 1.82) is 0 Å². The summed E-state index contributed by atoms with van der Waals surface area (Å²) in [4.78, 5) is 56.8. The molecule has 1 aromatic heterocycles. The third-order valence-electron chi connectivity index (χ3n) is 9.54. The second-order valence-electron chi connectivity index (χ2n) is 13.1. The summed E-state index contributed by atoms with van der Waals surface area (Å²) >= 11 is 1.46. The molecule has 0 spiro atoms. The smallest absolute Gasteiger partial charge is 0.335 e. The van der Waals surface area contributed by atoms with E-state index in [0.29, 0.717) is 47.1 Å². The number of carbonyl (C=O) groups excluding carboxylic acids is 3. The van der Waals surface area contributed by atoms with Gasteiger partial charge in [0.15, 0.2) is 0 Å². The fourth-order valence-corrected chi connectivity index (χ4v) is 7.84. The van der Waals surface area contributed by atoms with Gasteiger partial charge in [0, 0.05) is 54.9 Å². The molecule has 2 heterocycles. The molecule has 4 aromatic rings. The molecule has 266 valence electrons. The molecule has 0 bridgehead atoms. The van der Waals surface area contributed by atoms with Crippen molar-refractivity contribution in [2.75, 3.05) is 57.1 Å². The predicted octanol–water partition coefficient (Wildman–Crippen LogP) is 6.41. The van der Waals surface area contributed by atoms with Crippen LogP contribution in [-0.4, -0.2) is 85.0 Å². The normalized spacial score (nSPS) is 14.4. The number of benzene rings is 3. The number of ether oxygens (including phenoxy) is 1. The average molecular weight is 709 g/mol. The predicted molar refractivity (Wildman–Crippen MR) is 199 cm³/mol. The molecule has 11 heteroatoms. The van der Waals surface area contributed by atoms with Gasteiger partial charge in [-0.3, -0.25) is 19.3 Å². The van der Waals surface area contributed by atoms with E-state index < -0.39 is 5.97 Å². The first-order valence-electron chi connectivity index (χ1n) is 17.6. The molecule has 1 fully saturated rings. The van der Waals surface area contributed by atoms with E-state index in [0.717, 1.165) is 86.1 Å². The van der Waals surface area contributed by atoms with Crippen molar-refractivity contribution in [1.82, 2.24) is 9.80 Å². The standard InChI is InChI=1S/C40H44N4O6S/c1-43(20-21-44-22-24-50-25-23-44)39(47)31-9-5-8-30(26-31)36(45)42-38-35(33-10-2-3-11-34(33)51-38)37(46)41-32-18-14-28(15-19-32)7-4-6-27-12-16-29(17-13-27)40(48)49/h5,8-9,12-19,26H,2-4,6-7,10-11,20-25H2,1H3,(H,41,46)(H,42,45)(H,48,49). The number of morpholine rings is 1. The molecule has 1 aliphatic heterocycles. The fourth-order valence-electron chi connectivity index (χ4n) is 6.56. The Kier molecular flexibility index (Phi) is 11.9. The van der Waals surface area contributed by atoms with E-state index in [4.69, 9.17) is 9.84 Å². The minimum Gasteiger partial charge on any atom is -0.478 e. The average Bonchev–Trinajstić information content (AvgIpc) is 3.52. The second-order valence-corrected chi connectivity index (χ2v) is 14.2. The number of hydrogen-bond donors (Lipinski definition) is 3. The number of anilines is 2. The van der Waals surface area contributed by atoms with Gasteiger partial charge >= 0.3 is 5.97 Å². The highest BCUT2D eigenvalue weighted by atomic mass is 32.1. The lowest BCUT2D eigenvalue weighted by Crippen LogP contribution is -2.41. The summed E-state index contributed by atoms with van der Waals surface area (Å²) < 4.78 is 5.41. The zero-order valence-corrected chi connectivity index (χ0v) is 29.7. The summed E-state index contributed by atoms with van der Waals surface area (Å²) in [6.07, 6.45) is 6.27. The third-order valence-corrected chi connectivity index (χ3v) is 10.8. The van der Waals surface area contributed by atoms with E-state index in [9.17, 15) is 19.2 Å². The van der Waals surface area contributed by atoms with Gasteiger partial charge < -0.3 is 25.4 Å². The van der Waals surface area contributed by atoms with Crippen molar-refractivity contribution < 1.29 is 29.0 Å². The van der Waals surface area contributed by atoms with Crippen LogP contribution in [-0.2, 0) is 30.4 Å². The van der Waals surface area contributed by atoms with Gasteiger partial charge in [0.05, 0.1) is 24.3 Å². The Morgan fingerprint density at radius 3 is 2.20 bits per heavy atom. The first-order valence-corrected chi connectivity index (χ1v) is 18.4. The van der Waals surface area contributed by atoms with Gasteiger partial charge in [-0.1, -0.05) is 30.3 Å². The molecule has 0 saturated carbocycles. The molecule has 0 unspecified atom stereocenters. The van der Waals surface area contributed by atoms with Gasteiger partial charge in [-0.05, 0) is 104 Å². The highest BCUT2D eigenvalue weighted by Crippen LogP contribution is 2.39. The van der Waals surface area contributed by atoms with Gasteiger partial charge in [-0.2, -0.15) is 0 Å². The molecule has 3 aromatic carbocycles. The van der Waals surface area contributed by atoms with E-state index in [1.54, 1.807) is 48.3 Å². The van der Waals surface area contributed by atoms with Crippen molar-refractivity contribution in [3.8, 4) is 0 Å². The highest BCUT2D eigenvalue weighted by molar-refractivity contribution is 7.17. The summed E-state index contributed by atoms with van der Waals surface area (Å²) in [7, 11) is 1.77. The van der Waals surface area contributed by atoms with E-state index in [1.807, 2.05) is 36.4 Å². The maximum Gasteiger partial charge on any atom is 0.335 e. The van der Waals surface area contributed by atoms with Crippen LogP contribution in [0.15, 0.2) is 72.8 Å². The molecule has 6 rings (SSSR count). The van der Waals surface area contributed by atoms with Gasteiger partial charge in [0.2, 0.25) is 0 Å². The molecule has 3 amide bonds. The van der Waals surface area contributed by atoms with Gasteiger partial charge in [0.25, 0.3) is 17.7 Å². The van der Waals surface area contributed by atoms with Crippen LogP contribution in [0.1, 0.15) is 82.3 Å². The summed E-state index contributed by atoms with van der Waals surface area (Å²) in [5.41, 5.74) is 5.49. The van der Waals surface area contributed by atoms with Crippen molar-refractivity contribution in [2.45, 2.75) is 44.9 Å². The molecule has 2 aliphatic rings. The number of aromatic carboxylic acids is 1. The van der Waals surface area contributed by atoms with E-state index in [-0.39, 0.29) is 23.3 Å². The van der Waals surface area contributed by atoms with E-state index >= 15 is 0 Å². The number of likely N-dealkylation sites (N-methyl/N-ethyl adjacent to an activating group) is 1. The topological polar surface area (TPSA) is 128 Å². The number of nitrogens with zero attached hydrogens (tertiary/aromatic N) is 2. The zero-order chi connectivity index (χ0) is 35.7. The Morgan fingerprint density at radius 1 is 0.824 bits per heavy atom. The van der Waals surface area contributed by atoms with Crippen LogP contribution in [0.5, 0.6) is 0 Å². The number of rotatable bonds is 13. The SMILES string of the molecule is CN(CCN1CCOCC1)C(=O)c1cccc(C(=O)Nc2sc3c(c2C(=O)Nc2ccc(CCCc4ccc(C(=O)O)cc4)cc2)CCCC3)c1. The van der Waals surface area contributed by atoms with Crippen LogP contribution >= 0.6 is 11.3 Å². The van der Waals surface area contributed by atoms with Crippen LogP contribution in [0.4, 0.5) is 10.7 Å². The number of hydrogen-bond acceptors (Lipinski definition) is 7. The number of carbonyl (C=O) groups is 4.